The molecule has 0 spiro atoms. The molecule has 0 aliphatic heterocycles. The normalized spacial score (nSPS) is 12.6. The Hall–Kier alpha value is 0.350. The van der Waals surface area contributed by atoms with Gasteiger partial charge in [-0.15, -0.1) is 6.42 Å². The second-order valence-electron chi connectivity index (χ2n) is 1.00. The summed E-state index contributed by atoms with van der Waals surface area (Å²) in [5.74, 6) is 0. The van der Waals surface area contributed by atoms with Crippen LogP contribution >= 0.6 is 0 Å². The summed E-state index contributed by atoms with van der Waals surface area (Å²) < 4.78 is 0. The number of hydrogen-bond acceptors (Lipinski definition) is 0. The van der Waals surface area contributed by atoms with Crippen LogP contribution in [0.2, 0.25) is 0 Å². The molecule has 0 aromatic carbocycles. The molecule has 1 aliphatic carbocycles. The molecule has 1 heteroatoms. The summed E-state index contributed by atoms with van der Waals surface area (Å²) in [6.07, 6.45) is 10.0. The summed E-state index contributed by atoms with van der Waals surface area (Å²) in [4.78, 5) is 0. The van der Waals surface area contributed by atoms with E-state index in [9.17, 15) is 0 Å². The molecule has 0 heterocycles. The molecule has 0 fully saturated rings. The monoisotopic (exact) mass is 260 g/mol. The van der Waals surface area contributed by atoms with E-state index < -0.39 is 0 Å². The number of allylic oxidation sites excluding steroid dienone is 4. The van der Waals surface area contributed by atoms with Crippen LogP contribution in [0.5, 0.6) is 0 Å². The van der Waals surface area contributed by atoms with Crippen molar-refractivity contribution in [2.75, 3.05) is 0 Å². The van der Waals surface area contributed by atoms with Gasteiger partial charge in [0.05, 0.1) is 0 Å². The molecule has 0 bridgehead atoms. The average molecular weight is 259 g/mol. The van der Waals surface area contributed by atoms with Gasteiger partial charge in [0, 0.05) is 25.8 Å². The van der Waals surface area contributed by atoms with E-state index in [0.29, 0.717) is 0 Å². The maximum atomic E-state index is 2.99. The standard InChI is InChI=1S/C5H5.CH3.Hf/c1-2-4-5-3-1;;/h1-3H,4H2;1H3;/q2*-1;. The van der Waals surface area contributed by atoms with E-state index >= 15 is 0 Å². The van der Waals surface area contributed by atoms with Gasteiger partial charge < -0.3 is 7.43 Å². The molecule has 0 nitrogen and oxygen atoms in total. The van der Waals surface area contributed by atoms with E-state index in [4.69, 9.17) is 0 Å². The third kappa shape index (κ3) is 4.20. The van der Waals surface area contributed by atoms with Gasteiger partial charge in [-0.05, 0) is 0 Å². The fourth-order valence-corrected chi connectivity index (χ4v) is 0.340. The fraction of sp³-hybridized carbons (Fsp3) is 0.167. The van der Waals surface area contributed by atoms with Crippen molar-refractivity contribution in [2.45, 2.75) is 6.42 Å². The fourth-order valence-electron chi connectivity index (χ4n) is 0.340. The van der Waals surface area contributed by atoms with E-state index in [-0.39, 0.29) is 33.3 Å². The van der Waals surface area contributed by atoms with Crippen molar-refractivity contribution in [3.05, 3.63) is 31.7 Å². The molecule has 0 saturated carbocycles. The molecule has 0 amide bonds. The van der Waals surface area contributed by atoms with Gasteiger partial charge in [0.1, 0.15) is 0 Å². The Morgan fingerprint density at radius 3 is 2.29 bits per heavy atom. The molecular weight excluding hydrogens is 251 g/mol. The van der Waals surface area contributed by atoms with Crippen LogP contribution in [0, 0.1) is 13.5 Å². The molecule has 0 atom stereocenters. The van der Waals surface area contributed by atoms with Crippen LogP contribution in [-0.2, 0) is 25.8 Å². The zero-order valence-corrected chi connectivity index (χ0v) is 8.03. The van der Waals surface area contributed by atoms with Crippen molar-refractivity contribution >= 4 is 0 Å². The first-order chi connectivity index (χ1) is 2.50. The first-order valence-corrected chi connectivity index (χ1v) is 1.72. The quantitative estimate of drug-likeness (QED) is 0.459. The summed E-state index contributed by atoms with van der Waals surface area (Å²) in [5, 5.41) is 0. The molecule has 0 radical (unpaired) electrons. The molecule has 1 aliphatic rings. The van der Waals surface area contributed by atoms with Crippen molar-refractivity contribution < 1.29 is 25.8 Å². The molecule has 0 saturated heterocycles. The van der Waals surface area contributed by atoms with Gasteiger partial charge in [-0.3, -0.25) is 6.08 Å². The van der Waals surface area contributed by atoms with Crippen LogP contribution in [0.1, 0.15) is 6.42 Å². The van der Waals surface area contributed by atoms with Gasteiger partial charge in [0.25, 0.3) is 0 Å². The second kappa shape index (κ2) is 6.35. The number of rotatable bonds is 0. The van der Waals surface area contributed by atoms with Crippen molar-refractivity contribution in [1.82, 2.24) is 0 Å². The molecule has 0 aromatic rings. The summed E-state index contributed by atoms with van der Waals surface area (Å²) in [7, 11) is 0. The van der Waals surface area contributed by atoms with Crippen LogP contribution in [0.4, 0.5) is 0 Å². The topological polar surface area (TPSA) is 0 Å². The third-order valence-corrected chi connectivity index (χ3v) is 0.586. The summed E-state index contributed by atoms with van der Waals surface area (Å²) in [6.45, 7) is 0. The Kier molecular flexibility index (Phi) is 9.39. The Morgan fingerprint density at radius 1 is 1.43 bits per heavy atom. The second-order valence-corrected chi connectivity index (χ2v) is 1.00. The first kappa shape index (κ1) is 10.4. The average Bonchev–Trinajstić information content (AvgIpc) is 1.76. The smallest absolute Gasteiger partial charge is 0 e. The minimum absolute atomic E-state index is 0. The Morgan fingerprint density at radius 2 is 2.14 bits per heavy atom. The van der Waals surface area contributed by atoms with Crippen LogP contribution in [0.15, 0.2) is 18.2 Å². The zero-order chi connectivity index (χ0) is 3.54. The van der Waals surface area contributed by atoms with Gasteiger partial charge in [0.2, 0.25) is 0 Å². The summed E-state index contributed by atoms with van der Waals surface area (Å²) >= 11 is 0. The third-order valence-electron chi connectivity index (χ3n) is 0.586. The minimum atomic E-state index is 0. The Labute approximate surface area is 64.1 Å². The van der Waals surface area contributed by atoms with Gasteiger partial charge in [-0.2, -0.15) is 6.08 Å². The Balaban J connectivity index is 0. The zero-order valence-electron chi connectivity index (χ0n) is 4.44. The molecular formula is C6H8Hf-2. The van der Waals surface area contributed by atoms with Crippen molar-refractivity contribution in [3.8, 4) is 0 Å². The van der Waals surface area contributed by atoms with Gasteiger partial charge in [-0.25, -0.2) is 12.2 Å². The van der Waals surface area contributed by atoms with Gasteiger partial charge >= 0.3 is 0 Å². The van der Waals surface area contributed by atoms with Crippen LogP contribution in [-0.4, -0.2) is 0 Å². The number of hydrogen-bond donors (Lipinski definition) is 0. The van der Waals surface area contributed by atoms with Crippen LogP contribution in [0.3, 0.4) is 0 Å². The molecule has 0 unspecified atom stereocenters. The summed E-state index contributed by atoms with van der Waals surface area (Å²) in [6, 6.07) is 0. The SMILES string of the molecule is [C-]1=CC=CC1.[CH3-].[Hf]. The Bertz CT molecular complexity index is 62.2. The van der Waals surface area contributed by atoms with Crippen LogP contribution < -0.4 is 0 Å². The predicted molar refractivity (Wildman–Crippen MR) is 28.0 cm³/mol. The van der Waals surface area contributed by atoms with E-state index in [1.165, 1.54) is 0 Å². The van der Waals surface area contributed by atoms with Gasteiger partial charge in [-0.1, -0.05) is 0 Å². The van der Waals surface area contributed by atoms with Crippen molar-refractivity contribution in [2.24, 2.45) is 0 Å². The molecule has 7 heavy (non-hydrogen) atoms. The largest absolute Gasteiger partial charge is 0.358 e. The maximum Gasteiger partial charge on any atom is 0 e. The van der Waals surface area contributed by atoms with E-state index in [2.05, 4.69) is 12.2 Å². The predicted octanol–water partition coefficient (Wildman–Crippen LogP) is 1.75. The molecule has 0 N–H and O–H groups in total. The minimum Gasteiger partial charge on any atom is -0.358 e. The maximum absolute atomic E-state index is 2.99. The molecule has 1 rings (SSSR count). The van der Waals surface area contributed by atoms with E-state index in [1.807, 2.05) is 12.2 Å². The molecule has 0 aromatic heterocycles. The molecule has 38 valence electrons. The van der Waals surface area contributed by atoms with Crippen molar-refractivity contribution in [1.29, 1.82) is 0 Å². The van der Waals surface area contributed by atoms with Gasteiger partial charge in [0.15, 0.2) is 0 Å². The summed E-state index contributed by atoms with van der Waals surface area (Å²) in [5.41, 5.74) is 0. The first-order valence-electron chi connectivity index (χ1n) is 1.72. The van der Waals surface area contributed by atoms with Crippen LogP contribution in [0.25, 0.3) is 0 Å². The van der Waals surface area contributed by atoms with E-state index in [1.54, 1.807) is 0 Å². The van der Waals surface area contributed by atoms with Crippen molar-refractivity contribution in [3.63, 3.8) is 0 Å². The van der Waals surface area contributed by atoms with E-state index in [0.717, 1.165) is 6.42 Å².